The van der Waals surface area contributed by atoms with E-state index in [4.69, 9.17) is 15.0 Å². The minimum Gasteiger partial charge on any atom is -0.565 e. The Morgan fingerprint density at radius 2 is 1.42 bits per heavy atom. The van der Waals surface area contributed by atoms with Crippen LogP contribution in [0.1, 0.15) is 20.8 Å². The summed E-state index contributed by atoms with van der Waals surface area (Å²) in [6.45, 7) is 10.5. The highest BCUT2D eigenvalue weighted by Crippen LogP contribution is 1.45. The first-order chi connectivity index (χ1) is 5.08. The Balaban J connectivity index is -0.000000142. The highest BCUT2D eigenvalue weighted by molar-refractivity contribution is 5.50. The molecule has 0 aromatic carbocycles. The maximum atomic E-state index is 8.44. The fraction of sp³-hybridized carbons (Fsp3) is 0.857. The molecule has 12 heavy (non-hydrogen) atoms. The average molecular weight is 181 g/mol. The smallest absolute Gasteiger partial charge is 0.249 e. The largest absolute Gasteiger partial charge is 0.565 e. The van der Waals surface area contributed by atoms with E-state index in [0.29, 0.717) is 0 Å². The van der Waals surface area contributed by atoms with Crippen molar-refractivity contribution in [2.45, 2.75) is 20.8 Å². The third-order valence-corrected chi connectivity index (χ3v) is 1.50. The van der Waals surface area contributed by atoms with Gasteiger partial charge in [0.05, 0.1) is 19.6 Å². The lowest BCUT2D eigenvalue weighted by molar-refractivity contribution is -0.894. The molecule has 0 aliphatic rings. The van der Waals surface area contributed by atoms with E-state index in [0.717, 1.165) is 0 Å². The molecule has 0 heterocycles. The van der Waals surface area contributed by atoms with Crippen LogP contribution in [0.3, 0.4) is 0 Å². The molecule has 0 rings (SSSR count). The van der Waals surface area contributed by atoms with E-state index in [9.17, 15) is 0 Å². The van der Waals surface area contributed by atoms with Crippen molar-refractivity contribution in [2.75, 3.05) is 19.6 Å². The lowest BCUT2D eigenvalue weighted by Gasteiger charge is -2.10. The van der Waals surface area contributed by atoms with Gasteiger partial charge >= 0.3 is 0 Å². The summed E-state index contributed by atoms with van der Waals surface area (Å²) < 4.78 is 0. The minimum atomic E-state index is -2.08. The molecule has 0 aromatic rings. The standard InChI is InChI=1S/C6H15N.CH2O3.H2O/c1-4-7(5-2)6-3;2-1(3)4;/h4-6H2,1-3H3;(H2,2,3,4);1H2. The van der Waals surface area contributed by atoms with Gasteiger partial charge in [-0.15, -0.1) is 0 Å². The quantitative estimate of drug-likeness (QED) is 0.526. The first-order valence-electron chi connectivity index (χ1n) is 3.81. The average Bonchev–Trinajstić information content (AvgIpc) is 1.90. The number of carbonyl (C=O) groups is 1. The van der Waals surface area contributed by atoms with E-state index in [1.165, 1.54) is 19.6 Å². The van der Waals surface area contributed by atoms with Gasteiger partial charge in [-0.25, -0.2) is 0 Å². The summed E-state index contributed by atoms with van der Waals surface area (Å²) in [5.74, 6) is 0. The molecule has 0 aromatic heterocycles. The second kappa shape index (κ2) is 12.8. The van der Waals surface area contributed by atoms with Gasteiger partial charge in [-0.1, -0.05) is 0 Å². The Hall–Kier alpha value is -0.810. The third-order valence-electron chi connectivity index (χ3n) is 1.50. The van der Waals surface area contributed by atoms with Gasteiger partial charge in [0.2, 0.25) is 6.16 Å². The lowest BCUT2D eigenvalue weighted by atomic mass is 10.5. The van der Waals surface area contributed by atoms with Gasteiger partial charge in [0, 0.05) is 0 Å². The Labute approximate surface area is 72.9 Å². The van der Waals surface area contributed by atoms with Crippen molar-refractivity contribution in [1.82, 2.24) is 0 Å². The molecule has 4 N–H and O–H groups in total. The second-order valence-electron chi connectivity index (χ2n) is 2.08. The number of quaternary nitrogens is 1. The van der Waals surface area contributed by atoms with E-state index in [2.05, 4.69) is 20.8 Å². The molecule has 0 bridgehead atoms. The maximum absolute atomic E-state index is 8.44. The third kappa shape index (κ3) is 22.9. The monoisotopic (exact) mass is 181 g/mol. The Kier molecular flexibility index (Phi) is 18.5. The molecule has 0 aliphatic carbocycles. The second-order valence-corrected chi connectivity index (χ2v) is 2.08. The molecule has 0 unspecified atom stereocenters. The Morgan fingerprint density at radius 1 is 1.25 bits per heavy atom. The molecular weight excluding hydrogens is 162 g/mol. The van der Waals surface area contributed by atoms with Crippen molar-refractivity contribution in [2.24, 2.45) is 0 Å². The predicted molar refractivity (Wildman–Crippen MR) is 44.2 cm³/mol. The van der Waals surface area contributed by atoms with Crippen molar-refractivity contribution in [3.05, 3.63) is 0 Å². The topological polar surface area (TPSA) is 96.3 Å². The van der Waals surface area contributed by atoms with Crippen molar-refractivity contribution < 1.29 is 25.4 Å². The molecule has 5 nitrogen and oxygen atoms in total. The van der Waals surface area contributed by atoms with E-state index in [1.807, 2.05) is 0 Å². The summed E-state index contributed by atoms with van der Waals surface area (Å²) in [4.78, 5) is 10.1. The van der Waals surface area contributed by atoms with Crippen LogP contribution in [-0.4, -0.2) is 36.4 Å². The summed E-state index contributed by atoms with van der Waals surface area (Å²) in [7, 11) is 0. The Bertz CT molecular complexity index is 83.9. The first kappa shape index (κ1) is 17.3. The molecular formula is C7H19NO4. The molecule has 0 amide bonds. The Morgan fingerprint density at radius 3 is 1.42 bits per heavy atom. The minimum absolute atomic E-state index is 0. The van der Waals surface area contributed by atoms with Crippen molar-refractivity contribution in [3.63, 3.8) is 0 Å². The highest BCUT2D eigenvalue weighted by atomic mass is 16.6. The maximum Gasteiger partial charge on any atom is 0.249 e. The summed E-state index contributed by atoms with van der Waals surface area (Å²) in [6.07, 6.45) is -2.08. The van der Waals surface area contributed by atoms with Crippen LogP contribution in [-0.2, 0) is 0 Å². The lowest BCUT2D eigenvalue weighted by Crippen LogP contribution is -3.11. The van der Waals surface area contributed by atoms with Crippen LogP contribution in [0.25, 0.3) is 0 Å². The van der Waals surface area contributed by atoms with Crippen molar-refractivity contribution in [3.8, 4) is 0 Å². The van der Waals surface area contributed by atoms with E-state index < -0.39 is 6.16 Å². The van der Waals surface area contributed by atoms with Gasteiger partial charge in [-0.05, 0) is 20.8 Å². The number of carboxylic acid groups (broad SMARTS) is 2. The SMILES string of the molecule is CC[NH+](CC)CC.O.O=C([O-])O. The molecule has 0 fully saturated rings. The summed E-state index contributed by atoms with van der Waals surface area (Å²) in [6, 6.07) is 0. The zero-order valence-corrected chi connectivity index (χ0v) is 7.89. The highest BCUT2D eigenvalue weighted by Gasteiger charge is 1.92. The van der Waals surface area contributed by atoms with Crippen molar-refractivity contribution >= 4 is 6.16 Å². The first-order valence-corrected chi connectivity index (χ1v) is 3.81. The van der Waals surface area contributed by atoms with Crippen molar-refractivity contribution in [1.29, 1.82) is 0 Å². The number of hydrogen-bond donors (Lipinski definition) is 2. The van der Waals surface area contributed by atoms with Crippen LogP contribution in [0.15, 0.2) is 0 Å². The van der Waals surface area contributed by atoms with Crippen LogP contribution in [0.5, 0.6) is 0 Å². The molecule has 5 heteroatoms. The fourth-order valence-electron chi connectivity index (χ4n) is 0.750. The molecule has 0 radical (unpaired) electrons. The number of nitrogens with one attached hydrogen (secondary N) is 1. The summed E-state index contributed by atoms with van der Waals surface area (Å²) in [5.41, 5.74) is 0. The zero-order chi connectivity index (χ0) is 9.28. The fourth-order valence-corrected chi connectivity index (χ4v) is 0.750. The predicted octanol–water partition coefficient (Wildman–Crippen LogP) is -2.01. The zero-order valence-electron chi connectivity index (χ0n) is 7.89. The van der Waals surface area contributed by atoms with Gasteiger partial charge in [0.25, 0.3) is 0 Å². The van der Waals surface area contributed by atoms with E-state index in [-0.39, 0.29) is 5.48 Å². The van der Waals surface area contributed by atoms with Gasteiger partial charge < -0.3 is 25.4 Å². The van der Waals surface area contributed by atoms with Crippen LogP contribution in [0.2, 0.25) is 0 Å². The van der Waals surface area contributed by atoms with Gasteiger partial charge in [0.15, 0.2) is 0 Å². The molecule has 0 atom stereocenters. The molecule has 0 spiro atoms. The number of hydrogen-bond acceptors (Lipinski definition) is 2. The normalized spacial score (nSPS) is 8.00. The van der Waals surface area contributed by atoms with Gasteiger partial charge in [-0.2, -0.15) is 0 Å². The molecule has 76 valence electrons. The molecule has 0 saturated carbocycles. The van der Waals surface area contributed by atoms with Crippen LogP contribution >= 0.6 is 0 Å². The van der Waals surface area contributed by atoms with Crippen LogP contribution in [0.4, 0.5) is 4.79 Å². The van der Waals surface area contributed by atoms with E-state index >= 15 is 0 Å². The summed E-state index contributed by atoms with van der Waals surface area (Å²) in [5, 5.41) is 15.3. The van der Waals surface area contributed by atoms with Gasteiger partial charge in [0.1, 0.15) is 0 Å². The molecule has 0 saturated heterocycles. The van der Waals surface area contributed by atoms with Crippen LogP contribution < -0.4 is 10.0 Å². The molecule has 0 aliphatic heterocycles. The van der Waals surface area contributed by atoms with E-state index in [1.54, 1.807) is 4.90 Å². The van der Waals surface area contributed by atoms with Gasteiger partial charge in [-0.3, -0.25) is 0 Å². The van der Waals surface area contributed by atoms with Crippen LogP contribution in [0, 0.1) is 0 Å². The summed E-state index contributed by atoms with van der Waals surface area (Å²) >= 11 is 0. The number of rotatable bonds is 3.